The number of rotatable bonds is 3. The van der Waals surface area contributed by atoms with Gasteiger partial charge in [-0.15, -0.1) is 0 Å². The molecule has 0 amide bonds. The summed E-state index contributed by atoms with van der Waals surface area (Å²) in [5.41, 5.74) is 1.13. The zero-order valence-electron chi connectivity index (χ0n) is 10.6. The zero-order valence-corrected chi connectivity index (χ0v) is 13.0. The summed E-state index contributed by atoms with van der Waals surface area (Å²) in [6.07, 6.45) is 0. The van der Waals surface area contributed by atoms with Crippen molar-refractivity contribution in [2.45, 2.75) is 9.79 Å². The number of nitriles is 1. The van der Waals surface area contributed by atoms with E-state index in [9.17, 15) is 4.79 Å². The molecule has 2 rings (SSSR count). The van der Waals surface area contributed by atoms with E-state index in [4.69, 9.17) is 5.26 Å². The Morgan fingerprint density at radius 2 is 1.85 bits per heavy atom. The van der Waals surface area contributed by atoms with E-state index in [1.165, 1.54) is 7.11 Å². The zero-order chi connectivity index (χ0) is 14.5. The van der Waals surface area contributed by atoms with Crippen molar-refractivity contribution in [1.82, 2.24) is 0 Å². The molecule has 0 spiro atoms. The third-order valence-electron chi connectivity index (χ3n) is 2.57. The van der Waals surface area contributed by atoms with Crippen LogP contribution in [0.3, 0.4) is 0 Å². The van der Waals surface area contributed by atoms with Crippen LogP contribution in [0.25, 0.3) is 0 Å². The van der Waals surface area contributed by atoms with Crippen LogP contribution < -0.4 is 0 Å². The quantitative estimate of drug-likeness (QED) is 0.778. The van der Waals surface area contributed by atoms with Gasteiger partial charge < -0.3 is 4.74 Å². The van der Waals surface area contributed by atoms with Gasteiger partial charge in [0.2, 0.25) is 0 Å². The normalized spacial score (nSPS) is 9.85. The number of esters is 1. The van der Waals surface area contributed by atoms with Gasteiger partial charge in [0.25, 0.3) is 0 Å². The summed E-state index contributed by atoms with van der Waals surface area (Å²) in [7, 11) is 1.36. The molecule has 0 unspecified atom stereocenters. The van der Waals surface area contributed by atoms with Gasteiger partial charge in [-0.3, -0.25) is 0 Å². The summed E-state index contributed by atoms with van der Waals surface area (Å²) >= 11 is 4.92. The highest BCUT2D eigenvalue weighted by molar-refractivity contribution is 9.10. The first-order chi connectivity index (χ1) is 9.63. The Morgan fingerprint density at radius 3 is 2.40 bits per heavy atom. The number of methoxy groups -OCH3 is 1. The topological polar surface area (TPSA) is 50.1 Å². The first-order valence-corrected chi connectivity index (χ1v) is 7.31. The van der Waals surface area contributed by atoms with Crippen molar-refractivity contribution in [3.63, 3.8) is 0 Å². The summed E-state index contributed by atoms with van der Waals surface area (Å²) < 4.78 is 5.43. The van der Waals surface area contributed by atoms with Crippen molar-refractivity contribution >= 4 is 33.7 Å². The molecule has 3 nitrogen and oxygen atoms in total. The fourth-order valence-electron chi connectivity index (χ4n) is 1.56. The van der Waals surface area contributed by atoms with Crippen LogP contribution in [0.15, 0.2) is 56.7 Å². The van der Waals surface area contributed by atoms with Crippen LogP contribution in [0.1, 0.15) is 15.9 Å². The molecule has 0 radical (unpaired) electrons. The van der Waals surface area contributed by atoms with E-state index in [-0.39, 0.29) is 5.97 Å². The van der Waals surface area contributed by atoms with Gasteiger partial charge in [0.05, 0.1) is 18.2 Å². The lowest BCUT2D eigenvalue weighted by molar-refractivity contribution is 0.0600. The van der Waals surface area contributed by atoms with Crippen LogP contribution in [0.4, 0.5) is 0 Å². The van der Waals surface area contributed by atoms with Crippen LogP contribution in [0, 0.1) is 11.3 Å². The standard InChI is InChI=1S/C15H10BrNO2S/c1-19-15(18)10-2-5-12(6-3-10)20-13-7-4-11(9-17)14(16)8-13/h2-8H,1H3. The second kappa shape index (κ2) is 6.60. The molecule has 0 aromatic heterocycles. The van der Waals surface area contributed by atoms with E-state index >= 15 is 0 Å². The van der Waals surface area contributed by atoms with E-state index < -0.39 is 0 Å². The second-order valence-corrected chi connectivity index (χ2v) is 5.87. The number of benzene rings is 2. The lowest BCUT2D eigenvalue weighted by atomic mass is 10.2. The molecule has 0 aliphatic heterocycles. The van der Waals surface area contributed by atoms with E-state index in [0.29, 0.717) is 11.1 Å². The predicted molar refractivity (Wildman–Crippen MR) is 80.8 cm³/mol. The minimum Gasteiger partial charge on any atom is -0.465 e. The molecule has 100 valence electrons. The molecule has 0 N–H and O–H groups in total. The molecular formula is C15H10BrNO2S. The van der Waals surface area contributed by atoms with Gasteiger partial charge in [0.15, 0.2) is 0 Å². The van der Waals surface area contributed by atoms with Crippen LogP contribution >= 0.6 is 27.7 Å². The Hall–Kier alpha value is -1.77. The summed E-state index contributed by atoms with van der Waals surface area (Å²) in [6.45, 7) is 0. The predicted octanol–water partition coefficient (Wildman–Crippen LogP) is 4.26. The number of ether oxygens (including phenoxy) is 1. The summed E-state index contributed by atoms with van der Waals surface area (Å²) in [4.78, 5) is 13.4. The molecule has 0 bridgehead atoms. The van der Waals surface area contributed by atoms with Crippen molar-refractivity contribution in [3.8, 4) is 6.07 Å². The minimum atomic E-state index is -0.345. The van der Waals surface area contributed by atoms with Crippen molar-refractivity contribution in [1.29, 1.82) is 5.26 Å². The number of nitrogens with zero attached hydrogens (tertiary/aromatic N) is 1. The minimum absolute atomic E-state index is 0.345. The molecule has 0 fully saturated rings. The van der Waals surface area contributed by atoms with Crippen molar-refractivity contribution in [2.75, 3.05) is 7.11 Å². The fraction of sp³-hybridized carbons (Fsp3) is 0.0667. The highest BCUT2D eigenvalue weighted by atomic mass is 79.9. The number of hydrogen-bond donors (Lipinski definition) is 0. The Labute approximate surface area is 129 Å². The van der Waals surface area contributed by atoms with Gasteiger partial charge in [-0.1, -0.05) is 11.8 Å². The van der Waals surface area contributed by atoms with E-state index in [1.807, 2.05) is 24.3 Å². The molecule has 2 aromatic carbocycles. The summed E-state index contributed by atoms with van der Waals surface area (Å²) in [5, 5.41) is 8.87. The molecule has 0 aliphatic carbocycles. The van der Waals surface area contributed by atoms with Gasteiger partial charge in [0.1, 0.15) is 6.07 Å². The Morgan fingerprint density at radius 1 is 1.20 bits per heavy atom. The summed E-state index contributed by atoms with van der Waals surface area (Å²) in [6, 6.07) is 14.9. The lowest BCUT2D eigenvalue weighted by Crippen LogP contribution is -2.00. The Kier molecular flexibility index (Phi) is 4.83. The molecule has 20 heavy (non-hydrogen) atoms. The summed E-state index contributed by atoms with van der Waals surface area (Å²) in [5.74, 6) is -0.345. The smallest absolute Gasteiger partial charge is 0.337 e. The molecular weight excluding hydrogens is 338 g/mol. The number of halogens is 1. The molecule has 2 aromatic rings. The van der Waals surface area contributed by atoms with Crippen molar-refractivity contribution in [3.05, 3.63) is 58.1 Å². The largest absolute Gasteiger partial charge is 0.465 e. The van der Waals surface area contributed by atoms with Crippen molar-refractivity contribution < 1.29 is 9.53 Å². The van der Waals surface area contributed by atoms with Gasteiger partial charge in [-0.05, 0) is 58.4 Å². The first kappa shape index (κ1) is 14.6. The lowest BCUT2D eigenvalue weighted by Gasteiger charge is -2.04. The van der Waals surface area contributed by atoms with Crippen LogP contribution in [0.5, 0.6) is 0 Å². The van der Waals surface area contributed by atoms with Gasteiger partial charge >= 0.3 is 5.97 Å². The number of hydrogen-bond acceptors (Lipinski definition) is 4. The SMILES string of the molecule is COC(=O)c1ccc(Sc2ccc(C#N)c(Br)c2)cc1. The third-order valence-corrected chi connectivity index (χ3v) is 4.23. The average Bonchev–Trinajstić information content (AvgIpc) is 2.47. The highest BCUT2D eigenvalue weighted by Crippen LogP contribution is 2.31. The molecule has 0 atom stereocenters. The maximum Gasteiger partial charge on any atom is 0.337 e. The Bertz CT molecular complexity index is 677. The van der Waals surface area contributed by atoms with Gasteiger partial charge in [0, 0.05) is 14.3 Å². The maximum atomic E-state index is 11.3. The first-order valence-electron chi connectivity index (χ1n) is 5.70. The van der Waals surface area contributed by atoms with Crippen molar-refractivity contribution in [2.24, 2.45) is 0 Å². The van der Waals surface area contributed by atoms with E-state index in [2.05, 4.69) is 26.7 Å². The van der Waals surface area contributed by atoms with E-state index in [0.717, 1.165) is 14.3 Å². The van der Waals surface area contributed by atoms with Gasteiger partial charge in [-0.2, -0.15) is 5.26 Å². The molecule has 0 heterocycles. The highest BCUT2D eigenvalue weighted by Gasteiger charge is 2.06. The molecule has 5 heteroatoms. The molecule has 0 saturated carbocycles. The van der Waals surface area contributed by atoms with Crippen LogP contribution in [-0.2, 0) is 4.74 Å². The fourth-order valence-corrected chi connectivity index (χ4v) is 3.04. The van der Waals surface area contributed by atoms with Gasteiger partial charge in [-0.25, -0.2) is 4.79 Å². The molecule has 0 aliphatic rings. The number of carbonyl (C=O) groups is 1. The second-order valence-electron chi connectivity index (χ2n) is 3.87. The third kappa shape index (κ3) is 3.41. The molecule has 0 saturated heterocycles. The Balaban J connectivity index is 2.16. The number of carbonyl (C=O) groups excluding carboxylic acids is 1. The van der Waals surface area contributed by atoms with E-state index in [1.54, 1.807) is 30.0 Å². The van der Waals surface area contributed by atoms with Crippen LogP contribution in [-0.4, -0.2) is 13.1 Å². The van der Waals surface area contributed by atoms with Crippen LogP contribution in [0.2, 0.25) is 0 Å². The maximum absolute atomic E-state index is 11.3. The average molecular weight is 348 g/mol. The monoisotopic (exact) mass is 347 g/mol.